The van der Waals surface area contributed by atoms with Crippen molar-refractivity contribution in [2.45, 2.75) is 32.6 Å². The van der Waals surface area contributed by atoms with Crippen LogP contribution in [0.5, 0.6) is 0 Å². The number of hydrogen-bond donors (Lipinski definition) is 0. The fraction of sp³-hybridized carbons (Fsp3) is 0.429. The third-order valence-electron chi connectivity index (χ3n) is 3.21. The molecule has 1 fully saturated rings. The lowest BCUT2D eigenvalue weighted by Crippen LogP contribution is -2.31. The molecule has 17 heavy (non-hydrogen) atoms. The number of aryl methyl sites for hydroxylation is 1. The minimum absolute atomic E-state index is 0.0276. The van der Waals surface area contributed by atoms with Crippen LogP contribution in [-0.4, -0.2) is 23.3 Å². The number of imide groups is 1. The highest BCUT2D eigenvalue weighted by atomic mass is 16.2. The Balaban J connectivity index is 1.93. The lowest BCUT2D eigenvalue weighted by Gasteiger charge is -2.13. The highest BCUT2D eigenvalue weighted by molar-refractivity contribution is 6.01. The van der Waals surface area contributed by atoms with Crippen molar-refractivity contribution in [1.82, 2.24) is 4.90 Å². The van der Waals surface area contributed by atoms with Gasteiger partial charge in [0.1, 0.15) is 0 Å². The van der Waals surface area contributed by atoms with Gasteiger partial charge in [0, 0.05) is 19.4 Å². The Kier molecular flexibility index (Phi) is 3.57. The van der Waals surface area contributed by atoms with E-state index in [1.54, 1.807) is 0 Å². The largest absolute Gasteiger partial charge is 0.282 e. The van der Waals surface area contributed by atoms with Crippen molar-refractivity contribution in [1.29, 1.82) is 0 Å². The van der Waals surface area contributed by atoms with Crippen molar-refractivity contribution in [3.8, 4) is 0 Å². The number of carbonyl (C=O) groups is 2. The first kappa shape index (κ1) is 11.8. The lowest BCUT2D eigenvalue weighted by molar-refractivity contribution is -0.138. The predicted molar refractivity (Wildman–Crippen MR) is 65.5 cm³/mol. The molecule has 2 rings (SSSR count). The van der Waals surface area contributed by atoms with Crippen LogP contribution in [0.4, 0.5) is 0 Å². The number of carbonyl (C=O) groups excluding carboxylic acids is 2. The van der Waals surface area contributed by atoms with Crippen molar-refractivity contribution < 1.29 is 9.59 Å². The van der Waals surface area contributed by atoms with E-state index in [9.17, 15) is 9.59 Å². The number of hydrogen-bond acceptors (Lipinski definition) is 2. The number of nitrogens with zero attached hydrogens (tertiary/aromatic N) is 1. The van der Waals surface area contributed by atoms with Gasteiger partial charge in [-0.3, -0.25) is 14.5 Å². The normalized spacial score (nSPS) is 15.7. The van der Waals surface area contributed by atoms with Crippen LogP contribution in [0, 0.1) is 0 Å². The second kappa shape index (κ2) is 5.13. The molecule has 0 atom stereocenters. The average molecular weight is 231 g/mol. The summed E-state index contributed by atoms with van der Waals surface area (Å²) < 4.78 is 0. The van der Waals surface area contributed by atoms with Gasteiger partial charge in [-0.05, 0) is 24.0 Å². The molecular weight excluding hydrogens is 214 g/mol. The molecule has 0 saturated carbocycles. The van der Waals surface area contributed by atoms with Crippen LogP contribution >= 0.6 is 0 Å². The molecule has 0 aromatic heterocycles. The monoisotopic (exact) mass is 231 g/mol. The molecule has 1 aliphatic heterocycles. The summed E-state index contributed by atoms with van der Waals surface area (Å²) in [5.74, 6) is -0.0552. The van der Waals surface area contributed by atoms with E-state index < -0.39 is 0 Å². The van der Waals surface area contributed by atoms with Gasteiger partial charge in [-0.25, -0.2) is 0 Å². The fourth-order valence-corrected chi connectivity index (χ4v) is 2.05. The van der Waals surface area contributed by atoms with Gasteiger partial charge >= 0.3 is 0 Å². The van der Waals surface area contributed by atoms with E-state index in [2.05, 4.69) is 31.2 Å². The minimum atomic E-state index is -0.0276. The van der Waals surface area contributed by atoms with E-state index in [4.69, 9.17) is 0 Å². The summed E-state index contributed by atoms with van der Waals surface area (Å²) in [7, 11) is 0. The Labute approximate surface area is 101 Å². The van der Waals surface area contributed by atoms with E-state index in [0.717, 1.165) is 12.8 Å². The van der Waals surface area contributed by atoms with Gasteiger partial charge in [-0.1, -0.05) is 31.2 Å². The third-order valence-corrected chi connectivity index (χ3v) is 3.21. The molecule has 1 aliphatic rings. The van der Waals surface area contributed by atoms with Gasteiger partial charge in [-0.2, -0.15) is 0 Å². The maximum Gasteiger partial charge on any atom is 0.229 e. The summed E-state index contributed by atoms with van der Waals surface area (Å²) >= 11 is 0. The molecule has 0 N–H and O–H groups in total. The zero-order valence-corrected chi connectivity index (χ0v) is 10.1. The molecule has 0 unspecified atom stereocenters. The molecule has 0 radical (unpaired) electrons. The van der Waals surface area contributed by atoms with Crippen LogP contribution in [0.15, 0.2) is 24.3 Å². The quantitative estimate of drug-likeness (QED) is 0.743. The first-order chi connectivity index (χ1) is 8.20. The van der Waals surface area contributed by atoms with E-state index in [1.165, 1.54) is 16.0 Å². The zero-order valence-electron chi connectivity index (χ0n) is 10.1. The zero-order chi connectivity index (χ0) is 12.3. The summed E-state index contributed by atoms with van der Waals surface area (Å²) in [6.45, 7) is 2.64. The van der Waals surface area contributed by atoms with Gasteiger partial charge in [0.2, 0.25) is 11.8 Å². The Morgan fingerprint density at radius 3 is 2.06 bits per heavy atom. The molecule has 3 heteroatoms. The molecule has 1 aromatic carbocycles. The first-order valence-electron chi connectivity index (χ1n) is 6.11. The van der Waals surface area contributed by atoms with Crippen LogP contribution in [-0.2, 0) is 22.4 Å². The first-order valence-corrected chi connectivity index (χ1v) is 6.11. The van der Waals surface area contributed by atoms with Gasteiger partial charge < -0.3 is 0 Å². The summed E-state index contributed by atoms with van der Waals surface area (Å²) in [5.41, 5.74) is 2.48. The standard InChI is InChI=1S/C14H17NO2/c1-2-11-3-5-12(6-4-11)9-10-15-13(16)7-8-14(15)17/h3-6H,2,7-10H2,1H3. The summed E-state index contributed by atoms with van der Waals surface area (Å²) in [6, 6.07) is 8.35. The van der Waals surface area contributed by atoms with E-state index >= 15 is 0 Å². The van der Waals surface area contributed by atoms with E-state index in [1.807, 2.05) is 0 Å². The number of likely N-dealkylation sites (tertiary alicyclic amines) is 1. The minimum Gasteiger partial charge on any atom is -0.282 e. The second-order valence-electron chi connectivity index (χ2n) is 4.36. The number of benzene rings is 1. The topological polar surface area (TPSA) is 37.4 Å². The highest BCUT2D eigenvalue weighted by Crippen LogP contribution is 2.13. The van der Waals surface area contributed by atoms with Crippen molar-refractivity contribution in [2.75, 3.05) is 6.54 Å². The second-order valence-corrected chi connectivity index (χ2v) is 4.36. The molecule has 1 aromatic rings. The van der Waals surface area contributed by atoms with Gasteiger partial charge in [0.25, 0.3) is 0 Å². The highest BCUT2D eigenvalue weighted by Gasteiger charge is 2.27. The maximum absolute atomic E-state index is 11.4. The molecule has 90 valence electrons. The van der Waals surface area contributed by atoms with E-state index in [-0.39, 0.29) is 11.8 Å². The summed E-state index contributed by atoms with van der Waals surface area (Å²) in [6.07, 6.45) is 2.55. The van der Waals surface area contributed by atoms with E-state index in [0.29, 0.717) is 19.4 Å². The van der Waals surface area contributed by atoms with Crippen molar-refractivity contribution in [3.63, 3.8) is 0 Å². The van der Waals surface area contributed by atoms with Crippen LogP contribution < -0.4 is 0 Å². The molecule has 0 spiro atoms. The molecule has 2 amide bonds. The molecule has 0 bridgehead atoms. The smallest absolute Gasteiger partial charge is 0.229 e. The third kappa shape index (κ3) is 2.73. The lowest BCUT2D eigenvalue weighted by atomic mass is 10.1. The molecule has 1 saturated heterocycles. The summed E-state index contributed by atoms with van der Waals surface area (Å²) in [5, 5.41) is 0. The van der Waals surface area contributed by atoms with Crippen LogP contribution in [0.3, 0.4) is 0 Å². The summed E-state index contributed by atoms with van der Waals surface area (Å²) in [4.78, 5) is 24.2. The number of amides is 2. The van der Waals surface area contributed by atoms with Gasteiger partial charge in [0.05, 0.1) is 0 Å². The van der Waals surface area contributed by atoms with Crippen molar-refractivity contribution >= 4 is 11.8 Å². The SMILES string of the molecule is CCc1ccc(CCN2C(=O)CCC2=O)cc1. The predicted octanol–water partition coefficient (Wildman–Crippen LogP) is 1.94. The Bertz CT molecular complexity index is 406. The average Bonchev–Trinajstić information content (AvgIpc) is 2.67. The molecule has 0 aliphatic carbocycles. The van der Waals surface area contributed by atoms with Gasteiger partial charge in [0.15, 0.2) is 0 Å². The van der Waals surface area contributed by atoms with Gasteiger partial charge in [-0.15, -0.1) is 0 Å². The Morgan fingerprint density at radius 2 is 1.53 bits per heavy atom. The number of rotatable bonds is 4. The molecule has 1 heterocycles. The van der Waals surface area contributed by atoms with Crippen LogP contribution in [0.2, 0.25) is 0 Å². The molecule has 3 nitrogen and oxygen atoms in total. The van der Waals surface area contributed by atoms with Crippen LogP contribution in [0.25, 0.3) is 0 Å². The van der Waals surface area contributed by atoms with Crippen LogP contribution in [0.1, 0.15) is 30.9 Å². The van der Waals surface area contributed by atoms with Crippen molar-refractivity contribution in [3.05, 3.63) is 35.4 Å². The molecular formula is C14H17NO2. The fourth-order valence-electron chi connectivity index (χ4n) is 2.05. The Hall–Kier alpha value is -1.64. The Morgan fingerprint density at radius 1 is 1.00 bits per heavy atom. The maximum atomic E-state index is 11.4. The van der Waals surface area contributed by atoms with Crippen molar-refractivity contribution in [2.24, 2.45) is 0 Å².